The van der Waals surface area contributed by atoms with E-state index in [1.807, 2.05) is 12.1 Å². The number of carbonyl (C=O) groups is 1. The highest BCUT2D eigenvalue weighted by atomic mass is 16.6. The number of likely N-dealkylation sites (tertiary alicyclic amines) is 1. The number of benzene rings is 1. The van der Waals surface area contributed by atoms with Gasteiger partial charge in [-0.25, -0.2) is 0 Å². The molecule has 28 heavy (non-hydrogen) atoms. The molecule has 7 heteroatoms. The van der Waals surface area contributed by atoms with Gasteiger partial charge in [-0.2, -0.15) is 0 Å². The molecule has 2 heterocycles. The molecule has 1 aromatic carbocycles. The van der Waals surface area contributed by atoms with Gasteiger partial charge >= 0.3 is 0 Å². The molecule has 0 unspecified atom stereocenters. The molecule has 2 saturated heterocycles. The summed E-state index contributed by atoms with van der Waals surface area (Å²) in [6.45, 7) is 4.85. The Morgan fingerprint density at radius 3 is 2.36 bits per heavy atom. The maximum absolute atomic E-state index is 13.0. The highest BCUT2D eigenvalue weighted by molar-refractivity contribution is 5.78. The van der Waals surface area contributed by atoms with Crippen molar-refractivity contribution < 1.29 is 9.72 Å². The lowest BCUT2D eigenvalue weighted by molar-refractivity contribution is -0.384. The minimum atomic E-state index is -0.370. The Balaban J connectivity index is 1.29. The molecule has 1 amide bonds. The first-order valence-electron chi connectivity index (χ1n) is 10.6. The topological polar surface area (TPSA) is 69.9 Å². The molecule has 152 valence electrons. The molecule has 2 aliphatic heterocycles. The molecule has 0 N–H and O–H groups in total. The van der Waals surface area contributed by atoms with E-state index >= 15 is 0 Å². The normalized spacial score (nSPS) is 26.0. The standard InChI is InChI=1S/C21H30N4O3/c26-21(24-11-3-5-17-4-1-2-6-20(17)24)16-22-12-14-23(15-13-22)18-7-9-19(10-8-18)25(27)28/h7-10,17,20H,1-6,11-16H2/t17-,20-/m0/s1. The number of piperazine rings is 1. The smallest absolute Gasteiger partial charge is 0.269 e. The number of carbonyl (C=O) groups excluding carboxylic acids is 1. The number of amides is 1. The van der Waals surface area contributed by atoms with Gasteiger partial charge in [0.05, 0.1) is 11.5 Å². The summed E-state index contributed by atoms with van der Waals surface area (Å²) < 4.78 is 0. The Hall–Kier alpha value is -2.15. The lowest BCUT2D eigenvalue weighted by atomic mass is 9.78. The van der Waals surface area contributed by atoms with Gasteiger partial charge in [0.1, 0.15) is 0 Å². The zero-order valence-corrected chi connectivity index (χ0v) is 16.5. The number of hydrogen-bond donors (Lipinski definition) is 0. The van der Waals surface area contributed by atoms with E-state index < -0.39 is 0 Å². The predicted octanol–water partition coefficient (Wildman–Crippen LogP) is 2.90. The van der Waals surface area contributed by atoms with Crippen molar-refractivity contribution in [1.82, 2.24) is 9.80 Å². The molecule has 0 spiro atoms. The van der Waals surface area contributed by atoms with E-state index in [9.17, 15) is 14.9 Å². The zero-order chi connectivity index (χ0) is 19.5. The van der Waals surface area contributed by atoms with Crippen LogP contribution in [0.3, 0.4) is 0 Å². The Morgan fingerprint density at radius 1 is 0.964 bits per heavy atom. The number of non-ortho nitro benzene ring substituents is 1. The van der Waals surface area contributed by atoms with Crippen LogP contribution in [0.1, 0.15) is 38.5 Å². The fourth-order valence-electron chi connectivity index (χ4n) is 5.17. The third-order valence-corrected chi connectivity index (χ3v) is 6.72. The summed E-state index contributed by atoms with van der Waals surface area (Å²) in [4.78, 5) is 30.1. The van der Waals surface area contributed by atoms with Crippen LogP contribution in [0.4, 0.5) is 11.4 Å². The monoisotopic (exact) mass is 386 g/mol. The second-order valence-electron chi connectivity index (χ2n) is 8.38. The highest BCUT2D eigenvalue weighted by Gasteiger charge is 2.36. The molecule has 0 aromatic heterocycles. The maximum atomic E-state index is 13.0. The first-order valence-corrected chi connectivity index (χ1v) is 10.6. The van der Waals surface area contributed by atoms with E-state index in [1.165, 1.54) is 32.1 Å². The molecule has 2 atom stereocenters. The van der Waals surface area contributed by atoms with Gasteiger partial charge in [0.15, 0.2) is 0 Å². The molecule has 0 radical (unpaired) electrons. The van der Waals surface area contributed by atoms with Crippen LogP contribution in [0.25, 0.3) is 0 Å². The molecule has 3 aliphatic rings. The predicted molar refractivity (Wildman–Crippen MR) is 108 cm³/mol. The number of piperidine rings is 1. The van der Waals surface area contributed by atoms with Crippen molar-refractivity contribution in [1.29, 1.82) is 0 Å². The summed E-state index contributed by atoms with van der Waals surface area (Å²) in [6.07, 6.45) is 7.52. The van der Waals surface area contributed by atoms with Gasteiger partial charge in [0, 0.05) is 56.6 Å². The van der Waals surface area contributed by atoms with Crippen molar-refractivity contribution in [2.75, 3.05) is 44.2 Å². The molecular weight excluding hydrogens is 356 g/mol. The number of rotatable bonds is 4. The lowest BCUT2D eigenvalue weighted by Crippen LogP contribution is -2.54. The van der Waals surface area contributed by atoms with E-state index in [1.54, 1.807) is 12.1 Å². The van der Waals surface area contributed by atoms with Crippen molar-refractivity contribution in [2.45, 2.75) is 44.6 Å². The van der Waals surface area contributed by atoms with E-state index in [2.05, 4.69) is 14.7 Å². The van der Waals surface area contributed by atoms with Crippen LogP contribution >= 0.6 is 0 Å². The van der Waals surface area contributed by atoms with Crippen LogP contribution < -0.4 is 4.90 Å². The van der Waals surface area contributed by atoms with Gasteiger partial charge in [0.25, 0.3) is 5.69 Å². The SMILES string of the molecule is O=C(CN1CCN(c2ccc([N+](=O)[O-])cc2)CC1)N1CCC[C@@H]2CCCC[C@@H]21. The number of nitro groups is 1. The van der Waals surface area contributed by atoms with Crippen LogP contribution in [-0.2, 0) is 4.79 Å². The van der Waals surface area contributed by atoms with Crippen LogP contribution in [0.2, 0.25) is 0 Å². The second kappa shape index (κ2) is 8.47. The second-order valence-corrected chi connectivity index (χ2v) is 8.38. The van der Waals surface area contributed by atoms with E-state index in [-0.39, 0.29) is 10.6 Å². The highest BCUT2D eigenvalue weighted by Crippen LogP contribution is 2.35. The van der Waals surface area contributed by atoms with Crippen molar-refractivity contribution in [2.24, 2.45) is 5.92 Å². The summed E-state index contributed by atoms with van der Waals surface area (Å²) in [5.74, 6) is 1.03. The molecule has 7 nitrogen and oxygen atoms in total. The molecule has 0 bridgehead atoms. The maximum Gasteiger partial charge on any atom is 0.269 e. The zero-order valence-electron chi connectivity index (χ0n) is 16.5. The first kappa shape index (κ1) is 19.2. The average molecular weight is 386 g/mol. The quantitative estimate of drug-likeness (QED) is 0.588. The number of nitrogens with zero attached hydrogens (tertiary/aromatic N) is 4. The molecular formula is C21H30N4O3. The summed E-state index contributed by atoms with van der Waals surface area (Å²) >= 11 is 0. The fourth-order valence-corrected chi connectivity index (χ4v) is 5.17. The van der Waals surface area contributed by atoms with E-state index in [0.717, 1.165) is 50.7 Å². The third-order valence-electron chi connectivity index (χ3n) is 6.72. The average Bonchev–Trinajstić information content (AvgIpc) is 2.74. The Kier molecular flexibility index (Phi) is 5.80. The molecule has 1 aromatic rings. The number of hydrogen-bond acceptors (Lipinski definition) is 5. The fraction of sp³-hybridized carbons (Fsp3) is 0.667. The summed E-state index contributed by atoms with van der Waals surface area (Å²) in [5, 5.41) is 10.8. The minimum absolute atomic E-state index is 0.121. The van der Waals surface area contributed by atoms with Gasteiger partial charge in [-0.05, 0) is 43.7 Å². The molecule has 1 saturated carbocycles. The van der Waals surface area contributed by atoms with Crippen LogP contribution in [0, 0.1) is 16.0 Å². The largest absolute Gasteiger partial charge is 0.369 e. The molecule has 4 rings (SSSR count). The Labute approximate surface area is 166 Å². The van der Waals surface area contributed by atoms with Crippen LogP contribution in [0.15, 0.2) is 24.3 Å². The summed E-state index contributed by atoms with van der Waals surface area (Å²) in [5.41, 5.74) is 1.13. The van der Waals surface area contributed by atoms with Gasteiger partial charge in [-0.15, -0.1) is 0 Å². The van der Waals surface area contributed by atoms with E-state index in [0.29, 0.717) is 18.5 Å². The van der Waals surface area contributed by atoms with Crippen molar-refractivity contribution in [3.63, 3.8) is 0 Å². The Morgan fingerprint density at radius 2 is 1.64 bits per heavy atom. The van der Waals surface area contributed by atoms with Crippen molar-refractivity contribution in [3.05, 3.63) is 34.4 Å². The lowest BCUT2D eigenvalue weighted by Gasteiger charge is -2.45. The van der Waals surface area contributed by atoms with Gasteiger partial charge < -0.3 is 9.80 Å². The first-order chi connectivity index (χ1) is 13.6. The molecule has 1 aliphatic carbocycles. The van der Waals surface area contributed by atoms with E-state index in [4.69, 9.17) is 0 Å². The minimum Gasteiger partial charge on any atom is -0.369 e. The number of anilines is 1. The van der Waals surface area contributed by atoms with Gasteiger partial charge in [-0.1, -0.05) is 12.8 Å². The van der Waals surface area contributed by atoms with Gasteiger partial charge in [0.2, 0.25) is 5.91 Å². The number of nitro benzene ring substituents is 1. The van der Waals surface area contributed by atoms with Crippen LogP contribution in [0.5, 0.6) is 0 Å². The van der Waals surface area contributed by atoms with Gasteiger partial charge in [-0.3, -0.25) is 19.8 Å². The summed E-state index contributed by atoms with van der Waals surface area (Å²) in [6, 6.07) is 7.23. The van der Waals surface area contributed by atoms with Crippen LogP contribution in [-0.4, -0.2) is 65.9 Å². The van der Waals surface area contributed by atoms with Crippen molar-refractivity contribution >= 4 is 17.3 Å². The molecule has 3 fully saturated rings. The summed E-state index contributed by atoms with van der Waals surface area (Å²) in [7, 11) is 0. The third kappa shape index (κ3) is 4.14. The Bertz CT molecular complexity index is 698. The van der Waals surface area contributed by atoms with Crippen molar-refractivity contribution in [3.8, 4) is 0 Å². The number of fused-ring (bicyclic) bond motifs is 1.